The number of azide groups is 1. The van der Waals surface area contributed by atoms with Gasteiger partial charge in [0.25, 0.3) is 0 Å². The average Bonchev–Trinajstić information content (AvgIpc) is 2.77. The van der Waals surface area contributed by atoms with Gasteiger partial charge in [0.2, 0.25) is 0 Å². The molecule has 86 valence electrons. The zero-order valence-corrected chi connectivity index (χ0v) is 11.1. The van der Waals surface area contributed by atoms with Gasteiger partial charge in [-0.25, -0.2) is 4.98 Å². The summed E-state index contributed by atoms with van der Waals surface area (Å²) in [7, 11) is 0. The molecule has 0 aliphatic carbocycles. The van der Waals surface area contributed by atoms with Crippen LogP contribution in [0.2, 0.25) is 0 Å². The number of benzene rings is 1. The van der Waals surface area contributed by atoms with Crippen molar-refractivity contribution in [3.8, 4) is 0 Å². The lowest BCUT2D eigenvalue weighted by Crippen LogP contribution is -2.06. The maximum absolute atomic E-state index is 8.35. The summed E-state index contributed by atoms with van der Waals surface area (Å²) in [5.41, 5.74) is 9.35. The molecule has 17 heavy (non-hydrogen) atoms. The molecule has 2 aromatic rings. The summed E-state index contributed by atoms with van der Waals surface area (Å²) < 4.78 is 2.14. The van der Waals surface area contributed by atoms with Gasteiger partial charge in [-0.1, -0.05) is 41.2 Å². The highest BCUT2D eigenvalue weighted by Gasteiger charge is 2.07. The van der Waals surface area contributed by atoms with E-state index in [0.717, 1.165) is 14.6 Å². The molecule has 0 fully saturated rings. The van der Waals surface area contributed by atoms with Crippen molar-refractivity contribution in [2.75, 3.05) is 5.75 Å². The Morgan fingerprint density at radius 3 is 3.12 bits per heavy atom. The summed E-state index contributed by atoms with van der Waals surface area (Å²) in [6.45, 7) is 0. The van der Waals surface area contributed by atoms with E-state index in [0.29, 0.717) is 5.75 Å². The minimum atomic E-state index is -0.257. The van der Waals surface area contributed by atoms with Crippen LogP contribution in [0.25, 0.3) is 20.7 Å². The fourth-order valence-corrected chi connectivity index (χ4v) is 3.55. The smallest absolute Gasteiger partial charge is 0.151 e. The molecule has 0 saturated carbocycles. The predicted molar refractivity (Wildman–Crippen MR) is 76.9 cm³/mol. The molecule has 7 heteroatoms. The van der Waals surface area contributed by atoms with Crippen LogP contribution >= 0.6 is 35.3 Å². The lowest BCUT2D eigenvalue weighted by Gasteiger charge is -2.00. The molecule has 2 rings (SSSR count). The van der Waals surface area contributed by atoms with Gasteiger partial charge in [-0.05, 0) is 23.0 Å². The van der Waals surface area contributed by atoms with Crippen LogP contribution in [0.1, 0.15) is 0 Å². The van der Waals surface area contributed by atoms with Crippen molar-refractivity contribution in [1.29, 1.82) is 0 Å². The number of thioether (sulfide) groups is 1. The molecule has 0 aliphatic rings. The number of thiocarbonyl (C=S) groups is 1. The Kier molecular flexibility index (Phi) is 4.33. The number of hydrogen-bond donors (Lipinski definition) is 0. The van der Waals surface area contributed by atoms with Crippen LogP contribution in [-0.4, -0.2) is 22.1 Å². The monoisotopic (exact) mass is 280 g/mol. The van der Waals surface area contributed by atoms with Crippen LogP contribution < -0.4 is 0 Å². The standard InChI is InChI=1S/C10H8N4S3/c11-14-13-7(5-15)6-16-10-12-8-3-1-2-4-9(8)17-10/h1-5,7H,6H2. The van der Waals surface area contributed by atoms with Crippen molar-refractivity contribution in [3.05, 3.63) is 34.7 Å². The minimum absolute atomic E-state index is 0.257. The molecule has 0 aliphatic heterocycles. The van der Waals surface area contributed by atoms with Gasteiger partial charge in [0.1, 0.15) is 0 Å². The van der Waals surface area contributed by atoms with Gasteiger partial charge in [0, 0.05) is 10.7 Å². The Balaban J connectivity index is 2.08. The quantitative estimate of drug-likeness (QED) is 0.273. The number of thiazole rings is 1. The van der Waals surface area contributed by atoms with Crippen molar-refractivity contribution >= 4 is 50.9 Å². The van der Waals surface area contributed by atoms with Crippen molar-refractivity contribution < 1.29 is 0 Å². The Morgan fingerprint density at radius 2 is 2.41 bits per heavy atom. The first-order valence-corrected chi connectivity index (χ1v) is 7.08. The summed E-state index contributed by atoms with van der Waals surface area (Å²) in [4.78, 5) is 7.24. The number of fused-ring (bicyclic) bond motifs is 1. The normalized spacial score (nSPS) is 12.0. The van der Waals surface area contributed by atoms with Crippen LogP contribution in [0.5, 0.6) is 0 Å². The third-order valence-corrected chi connectivity index (χ3v) is 4.60. The first kappa shape index (κ1) is 12.3. The van der Waals surface area contributed by atoms with Gasteiger partial charge in [-0.15, -0.1) is 11.3 Å². The maximum atomic E-state index is 8.35. The Bertz CT molecular complexity index is 541. The molecular weight excluding hydrogens is 272 g/mol. The van der Waals surface area contributed by atoms with E-state index in [1.807, 2.05) is 24.3 Å². The van der Waals surface area contributed by atoms with Crippen molar-refractivity contribution in [3.63, 3.8) is 0 Å². The molecule has 0 bridgehead atoms. The maximum Gasteiger partial charge on any atom is 0.151 e. The highest BCUT2D eigenvalue weighted by Crippen LogP contribution is 2.29. The number of rotatable bonds is 5. The Hall–Kier alpha value is -1.14. The van der Waals surface area contributed by atoms with Crippen molar-refractivity contribution in [1.82, 2.24) is 4.98 Å². The first-order chi connectivity index (χ1) is 8.33. The van der Waals surface area contributed by atoms with Crippen molar-refractivity contribution in [2.24, 2.45) is 5.11 Å². The van der Waals surface area contributed by atoms with E-state index in [9.17, 15) is 0 Å². The van der Waals surface area contributed by atoms with E-state index >= 15 is 0 Å². The molecule has 0 spiro atoms. The summed E-state index contributed by atoms with van der Waals surface area (Å²) in [5.74, 6) is 0.632. The first-order valence-electron chi connectivity index (χ1n) is 4.81. The van der Waals surface area contributed by atoms with E-state index in [2.05, 4.69) is 15.0 Å². The zero-order chi connectivity index (χ0) is 12.1. The molecule has 1 aromatic heterocycles. The van der Waals surface area contributed by atoms with Crippen LogP contribution in [0.15, 0.2) is 33.7 Å². The Labute approximate surface area is 112 Å². The average molecular weight is 280 g/mol. The summed E-state index contributed by atoms with van der Waals surface area (Å²) in [5, 5.41) is 5.07. The molecule has 4 nitrogen and oxygen atoms in total. The SMILES string of the molecule is [N-]=[N+]=NC(C=S)CSc1nc2ccccc2s1. The topological polar surface area (TPSA) is 61.7 Å². The van der Waals surface area contributed by atoms with E-state index in [1.165, 1.54) is 5.37 Å². The Morgan fingerprint density at radius 1 is 1.59 bits per heavy atom. The molecule has 0 N–H and O–H groups in total. The van der Waals surface area contributed by atoms with Crippen LogP contribution in [0, 0.1) is 0 Å². The van der Waals surface area contributed by atoms with Crippen molar-refractivity contribution in [2.45, 2.75) is 10.4 Å². The van der Waals surface area contributed by atoms with Gasteiger partial charge in [0.05, 0.1) is 16.3 Å². The third-order valence-electron chi connectivity index (χ3n) is 2.01. The molecule has 1 unspecified atom stereocenters. The van der Waals surface area contributed by atoms with Gasteiger partial charge < -0.3 is 0 Å². The van der Waals surface area contributed by atoms with Crippen LogP contribution in [0.3, 0.4) is 0 Å². The number of hydrogen-bond acceptors (Lipinski definition) is 5. The number of aromatic nitrogens is 1. The van der Waals surface area contributed by atoms with Crippen LogP contribution in [0.4, 0.5) is 0 Å². The molecule has 1 aromatic carbocycles. The molecule has 0 saturated heterocycles. The zero-order valence-electron chi connectivity index (χ0n) is 8.68. The van der Waals surface area contributed by atoms with Gasteiger partial charge in [0.15, 0.2) is 4.34 Å². The predicted octanol–water partition coefficient (Wildman–Crippen LogP) is 4.07. The summed E-state index contributed by atoms with van der Waals surface area (Å²) in [6, 6.07) is 7.73. The minimum Gasteiger partial charge on any atom is -0.230 e. The van der Waals surface area contributed by atoms with E-state index in [4.69, 9.17) is 17.7 Å². The molecule has 1 atom stereocenters. The van der Waals surface area contributed by atoms with Gasteiger partial charge in [-0.3, -0.25) is 0 Å². The van der Waals surface area contributed by atoms with E-state index < -0.39 is 0 Å². The van der Waals surface area contributed by atoms with Crippen LogP contribution in [-0.2, 0) is 0 Å². The largest absolute Gasteiger partial charge is 0.230 e. The molecule has 0 amide bonds. The lowest BCUT2D eigenvalue weighted by molar-refractivity contribution is 1.00. The molecular formula is C10H8N4S3. The highest BCUT2D eigenvalue weighted by molar-refractivity contribution is 8.01. The van der Waals surface area contributed by atoms with E-state index in [-0.39, 0.29) is 6.04 Å². The summed E-state index contributed by atoms with van der Waals surface area (Å²) >= 11 is 8.00. The number of para-hydroxylation sites is 1. The van der Waals surface area contributed by atoms with Gasteiger partial charge in [-0.2, -0.15) is 0 Å². The summed E-state index contributed by atoms with van der Waals surface area (Å²) in [6.07, 6.45) is 0. The second-order valence-corrected chi connectivity index (χ2v) is 5.74. The third kappa shape index (κ3) is 3.17. The fourth-order valence-electron chi connectivity index (χ4n) is 1.24. The van der Waals surface area contributed by atoms with Gasteiger partial charge >= 0.3 is 0 Å². The highest BCUT2D eigenvalue weighted by atomic mass is 32.2. The van der Waals surface area contributed by atoms with E-state index in [1.54, 1.807) is 23.1 Å². The second-order valence-electron chi connectivity index (χ2n) is 3.17. The second kappa shape index (κ2) is 5.97. The number of nitrogens with zero attached hydrogens (tertiary/aromatic N) is 4. The fraction of sp³-hybridized carbons (Fsp3) is 0.200. The lowest BCUT2D eigenvalue weighted by atomic mass is 10.3. The molecule has 0 radical (unpaired) electrons. The molecule has 1 heterocycles.